The second-order valence-electron chi connectivity index (χ2n) is 10.2. The lowest BCUT2D eigenvalue weighted by molar-refractivity contribution is -0.173. The summed E-state index contributed by atoms with van der Waals surface area (Å²) in [7, 11) is -1.65. The van der Waals surface area contributed by atoms with E-state index in [1.54, 1.807) is 4.90 Å². The molecule has 2 fully saturated rings. The Bertz CT molecular complexity index is 584. The van der Waals surface area contributed by atoms with E-state index in [1.807, 2.05) is 33.9 Å². The zero-order valence-corrected chi connectivity index (χ0v) is 19.1. The van der Waals surface area contributed by atoms with Crippen LogP contribution in [0.15, 0.2) is 0 Å². The Labute approximate surface area is 164 Å². The third-order valence-electron chi connectivity index (χ3n) is 5.35. The average Bonchev–Trinajstić information content (AvgIpc) is 2.84. The van der Waals surface area contributed by atoms with Crippen LogP contribution < -0.4 is 5.32 Å². The van der Waals surface area contributed by atoms with Crippen molar-refractivity contribution < 1.29 is 23.9 Å². The first-order valence-corrected chi connectivity index (χ1v) is 12.6. The van der Waals surface area contributed by atoms with Crippen molar-refractivity contribution in [3.05, 3.63) is 0 Å². The van der Waals surface area contributed by atoms with Crippen molar-refractivity contribution >= 4 is 21.0 Å². The van der Waals surface area contributed by atoms with E-state index in [2.05, 4.69) is 26.1 Å². The number of aliphatic hydroxyl groups is 1. The van der Waals surface area contributed by atoms with Gasteiger partial charge in [-0.1, -0.05) is 20.8 Å². The predicted molar refractivity (Wildman–Crippen MR) is 106 cm³/mol. The van der Waals surface area contributed by atoms with Gasteiger partial charge in [0.25, 0.3) is 0 Å². The molecule has 2 aliphatic heterocycles. The number of aliphatic hydroxyl groups excluding tert-OH is 1. The zero-order valence-electron chi connectivity index (χ0n) is 18.0. The van der Waals surface area contributed by atoms with Crippen molar-refractivity contribution in [1.29, 1.82) is 0 Å². The van der Waals surface area contributed by atoms with Crippen molar-refractivity contribution in [2.45, 2.75) is 78.5 Å². The van der Waals surface area contributed by atoms with Crippen molar-refractivity contribution in [3.8, 4) is 0 Å². The number of ether oxygens (including phenoxy) is 1. The van der Waals surface area contributed by atoms with E-state index in [4.69, 9.17) is 9.16 Å². The molecule has 2 N–H and O–H groups in total. The van der Waals surface area contributed by atoms with Gasteiger partial charge in [-0.05, 0) is 45.2 Å². The van der Waals surface area contributed by atoms with Crippen LogP contribution in [0.25, 0.3) is 0 Å². The molecule has 0 saturated carbocycles. The van der Waals surface area contributed by atoms with E-state index < -0.39 is 38.5 Å². The first-order chi connectivity index (χ1) is 12.2. The summed E-state index contributed by atoms with van der Waals surface area (Å²) in [6.45, 7) is 16.7. The molecule has 2 amide bonds. The van der Waals surface area contributed by atoms with Gasteiger partial charge in [0, 0.05) is 19.5 Å². The maximum absolute atomic E-state index is 13.1. The third kappa shape index (κ3) is 4.66. The summed E-state index contributed by atoms with van der Waals surface area (Å²) in [5, 5.41) is 13.9. The summed E-state index contributed by atoms with van der Waals surface area (Å²) in [4.78, 5) is 26.6. The lowest BCUT2D eigenvalue weighted by Gasteiger charge is -2.47. The Morgan fingerprint density at radius 2 is 1.89 bits per heavy atom. The normalized spacial score (nSPS) is 30.1. The summed E-state index contributed by atoms with van der Waals surface area (Å²) in [5.74, 6) is -0.642. The molecule has 27 heavy (non-hydrogen) atoms. The van der Waals surface area contributed by atoms with Crippen molar-refractivity contribution in [2.24, 2.45) is 17.3 Å². The molecule has 156 valence electrons. The Morgan fingerprint density at radius 1 is 1.30 bits per heavy atom. The average molecular weight is 401 g/mol. The molecule has 4 atom stereocenters. The quantitative estimate of drug-likeness (QED) is 0.557. The van der Waals surface area contributed by atoms with Gasteiger partial charge >= 0.3 is 6.09 Å². The molecular formula is C19H36N2O5Si. The van der Waals surface area contributed by atoms with Gasteiger partial charge in [-0.3, -0.25) is 9.69 Å². The Kier molecular flexibility index (Phi) is 6.05. The molecule has 2 heterocycles. The van der Waals surface area contributed by atoms with Gasteiger partial charge in [0.1, 0.15) is 11.7 Å². The Balaban J connectivity index is 2.45. The van der Waals surface area contributed by atoms with Crippen molar-refractivity contribution in [3.63, 3.8) is 0 Å². The summed E-state index contributed by atoms with van der Waals surface area (Å²) < 4.78 is 12.0. The van der Waals surface area contributed by atoms with Crippen LogP contribution >= 0.6 is 0 Å². The summed E-state index contributed by atoms with van der Waals surface area (Å²) in [6, 6.07) is 0. The second kappa shape index (κ2) is 7.37. The predicted octanol–water partition coefficient (Wildman–Crippen LogP) is 2.09. The van der Waals surface area contributed by atoms with E-state index in [1.165, 1.54) is 0 Å². The molecule has 2 aliphatic rings. The molecule has 0 aromatic heterocycles. The fraction of sp³-hybridized carbons (Fsp3) is 0.895. The molecule has 0 bridgehead atoms. The van der Waals surface area contributed by atoms with Gasteiger partial charge < -0.3 is 19.6 Å². The smallest absolute Gasteiger partial charge is 0.412 e. The molecule has 0 radical (unpaired) electrons. The zero-order chi connectivity index (χ0) is 20.8. The molecule has 2 rings (SSSR count). The lowest BCUT2D eigenvalue weighted by atomic mass is 9.77. The van der Waals surface area contributed by atoms with Gasteiger partial charge in [0.05, 0.1) is 5.92 Å². The maximum Gasteiger partial charge on any atom is 0.412 e. The summed E-state index contributed by atoms with van der Waals surface area (Å²) in [5.41, 5.74) is -1.95. The third-order valence-corrected chi connectivity index (χ3v) is 6.23. The standard InChI is InChI=1S/C19H36N2O5Si/c1-17(2,3)12-9-19(26-27(7)8,14(22)13-10-20-15(13)23)21(11-12)16(24)25-18(4,5)6/h12-14,22,27H,9-11H2,1-8H3,(H,20,23)/t12-,13?,14?,19-/m0/s1. The largest absolute Gasteiger partial charge is 0.444 e. The Hall–Kier alpha value is -1.12. The summed E-state index contributed by atoms with van der Waals surface area (Å²) >= 11 is 0. The van der Waals surface area contributed by atoms with Crippen molar-refractivity contribution in [1.82, 2.24) is 10.2 Å². The van der Waals surface area contributed by atoms with Crippen LogP contribution in [-0.2, 0) is 14.0 Å². The van der Waals surface area contributed by atoms with Crippen LogP contribution in [0.4, 0.5) is 4.79 Å². The first-order valence-electron chi connectivity index (χ1n) is 9.81. The Morgan fingerprint density at radius 3 is 2.26 bits per heavy atom. The van der Waals surface area contributed by atoms with Crippen LogP contribution in [0.3, 0.4) is 0 Å². The highest BCUT2D eigenvalue weighted by Gasteiger charge is 2.60. The number of likely N-dealkylation sites (tertiary alicyclic amines) is 1. The van der Waals surface area contributed by atoms with E-state index in [-0.39, 0.29) is 17.2 Å². The fourth-order valence-electron chi connectivity index (χ4n) is 3.77. The SMILES string of the molecule is C[SiH](C)O[C@]1(C(O)C2CNC2=O)C[C@H](C(C)(C)C)CN1C(=O)OC(C)(C)C. The minimum atomic E-state index is -1.65. The number of hydrogen-bond donors (Lipinski definition) is 2. The molecule has 0 aliphatic carbocycles. The highest BCUT2D eigenvalue weighted by Crippen LogP contribution is 2.47. The van der Waals surface area contributed by atoms with Gasteiger partial charge in [0.2, 0.25) is 5.91 Å². The van der Waals surface area contributed by atoms with E-state index in [9.17, 15) is 14.7 Å². The molecule has 7 nitrogen and oxygen atoms in total. The van der Waals surface area contributed by atoms with Crippen LogP contribution in [0, 0.1) is 17.3 Å². The van der Waals surface area contributed by atoms with Crippen LogP contribution in [0.2, 0.25) is 13.1 Å². The molecule has 2 saturated heterocycles. The number of rotatable bonds is 4. The molecule has 0 spiro atoms. The number of hydrogen-bond acceptors (Lipinski definition) is 5. The first kappa shape index (κ1) is 22.2. The monoisotopic (exact) mass is 400 g/mol. The number of nitrogens with zero attached hydrogens (tertiary/aromatic N) is 1. The molecule has 0 aromatic rings. The highest BCUT2D eigenvalue weighted by atomic mass is 28.3. The summed E-state index contributed by atoms with van der Waals surface area (Å²) in [6.07, 6.45) is -1.09. The van der Waals surface area contributed by atoms with E-state index in [0.717, 1.165) is 0 Å². The van der Waals surface area contributed by atoms with Gasteiger partial charge in [0.15, 0.2) is 14.8 Å². The number of carbonyl (C=O) groups is 2. The number of nitrogens with one attached hydrogen (secondary N) is 1. The second-order valence-corrected chi connectivity index (χ2v) is 12.5. The van der Waals surface area contributed by atoms with E-state index >= 15 is 0 Å². The van der Waals surface area contributed by atoms with Gasteiger partial charge in [-0.25, -0.2) is 4.79 Å². The van der Waals surface area contributed by atoms with Crippen LogP contribution in [-0.4, -0.2) is 61.6 Å². The molecule has 8 heteroatoms. The van der Waals surface area contributed by atoms with Gasteiger partial charge in [-0.15, -0.1) is 0 Å². The fourth-order valence-corrected chi connectivity index (χ4v) is 4.95. The number of β-lactam (4-membered cyclic amide) rings is 1. The number of carbonyl (C=O) groups excluding carboxylic acids is 2. The minimum Gasteiger partial charge on any atom is -0.444 e. The molecule has 0 aromatic carbocycles. The molecule has 2 unspecified atom stereocenters. The van der Waals surface area contributed by atoms with Gasteiger partial charge in [-0.2, -0.15) is 0 Å². The van der Waals surface area contributed by atoms with E-state index in [0.29, 0.717) is 19.5 Å². The van der Waals surface area contributed by atoms with Crippen LogP contribution in [0.1, 0.15) is 48.0 Å². The topological polar surface area (TPSA) is 88.1 Å². The van der Waals surface area contributed by atoms with Crippen LogP contribution in [0.5, 0.6) is 0 Å². The highest BCUT2D eigenvalue weighted by molar-refractivity contribution is 6.48. The lowest BCUT2D eigenvalue weighted by Crippen LogP contribution is -2.67. The molecular weight excluding hydrogens is 364 g/mol. The maximum atomic E-state index is 13.1. The number of amides is 2. The van der Waals surface area contributed by atoms with Crippen molar-refractivity contribution in [2.75, 3.05) is 13.1 Å². The minimum absolute atomic E-state index is 0.0779.